The summed E-state index contributed by atoms with van der Waals surface area (Å²) in [6.07, 6.45) is 5.34. The molecule has 0 fully saturated rings. The van der Waals surface area contributed by atoms with Crippen molar-refractivity contribution in [3.63, 3.8) is 0 Å². The van der Waals surface area contributed by atoms with Crippen molar-refractivity contribution in [2.24, 2.45) is 0 Å². The normalized spacial score (nSPS) is 11.2. The van der Waals surface area contributed by atoms with Crippen LogP contribution in [0.3, 0.4) is 0 Å². The second-order valence-electron chi connectivity index (χ2n) is 12.6. The first-order chi connectivity index (χ1) is 22.7. The summed E-state index contributed by atoms with van der Waals surface area (Å²) >= 11 is 0. The van der Waals surface area contributed by atoms with Gasteiger partial charge in [0.2, 0.25) is 0 Å². The molecule has 0 atom stereocenters. The summed E-state index contributed by atoms with van der Waals surface area (Å²) in [7, 11) is 0. The Morgan fingerprint density at radius 3 is 2.27 bits per heavy atom. The van der Waals surface area contributed by atoms with Crippen LogP contribution in [-0.4, -0.2) is 19.3 Å². The van der Waals surface area contributed by atoms with E-state index in [9.17, 15) is 10.5 Å². The smallest absolute Gasteiger partial charge is 0.509 e. The quantitative estimate of drug-likeness (QED) is 0.162. The van der Waals surface area contributed by atoms with Crippen LogP contribution in [0.2, 0.25) is 0 Å². The van der Waals surface area contributed by atoms with Gasteiger partial charge >= 0.3 is 21.1 Å². The molecule has 3 heterocycles. The van der Waals surface area contributed by atoms with Gasteiger partial charge in [0.25, 0.3) is 0 Å². The van der Waals surface area contributed by atoms with Gasteiger partial charge in [0.15, 0.2) is 0 Å². The Kier molecular flexibility index (Phi) is 8.52. The summed E-state index contributed by atoms with van der Waals surface area (Å²) in [6, 6.07) is 35.3. The fourth-order valence-corrected chi connectivity index (χ4v) is 6.08. The van der Waals surface area contributed by atoms with Crippen molar-refractivity contribution in [1.29, 1.82) is 10.5 Å². The number of aryl methyl sites for hydroxylation is 2. The Labute approximate surface area is 293 Å². The summed E-state index contributed by atoms with van der Waals surface area (Å²) < 4.78 is 10.1. The number of hydrogen-bond donors (Lipinski definition) is 0. The van der Waals surface area contributed by atoms with Crippen LogP contribution in [0, 0.1) is 48.6 Å². The molecule has 0 unspecified atom stereocenters. The Morgan fingerprint density at radius 1 is 0.812 bits per heavy atom. The van der Waals surface area contributed by atoms with Gasteiger partial charge in [-0.3, -0.25) is 4.68 Å². The third kappa shape index (κ3) is 5.68. The molecule has 0 aliphatic carbocycles. The Balaban J connectivity index is 0.00000401. The maximum Gasteiger partial charge on any atom is 2.00 e. The summed E-state index contributed by atoms with van der Waals surface area (Å²) in [5.41, 5.74) is 7.57. The minimum absolute atomic E-state index is 0. The summed E-state index contributed by atoms with van der Waals surface area (Å²) in [5.74, 6) is 1.85. The van der Waals surface area contributed by atoms with Crippen molar-refractivity contribution in [3.8, 4) is 46.3 Å². The second-order valence-corrected chi connectivity index (χ2v) is 12.6. The summed E-state index contributed by atoms with van der Waals surface area (Å²) in [4.78, 5) is 4.76. The molecule has 0 aliphatic rings. The van der Waals surface area contributed by atoms with Crippen molar-refractivity contribution < 1.29 is 25.8 Å². The van der Waals surface area contributed by atoms with Crippen molar-refractivity contribution in [3.05, 3.63) is 131 Å². The van der Waals surface area contributed by atoms with Crippen molar-refractivity contribution >= 4 is 21.8 Å². The predicted molar refractivity (Wildman–Crippen MR) is 183 cm³/mol. The van der Waals surface area contributed by atoms with E-state index >= 15 is 0 Å². The first kappa shape index (κ1) is 32.4. The maximum atomic E-state index is 9.89. The van der Waals surface area contributed by atoms with E-state index in [4.69, 9.17) is 9.72 Å². The average molecular weight is 806 g/mol. The number of hydrogen-bond acceptors (Lipinski definition) is 5. The van der Waals surface area contributed by atoms with Crippen LogP contribution in [-0.2, 0) is 26.5 Å². The van der Waals surface area contributed by atoms with Gasteiger partial charge in [-0.2, -0.15) is 27.8 Å². The third-order valence-corrected chi connectivity index (χ3v) is 8.43. The predicted octanol–water partition coefficient (Wildman–Crippen LogP) is 9.08. The van der Waals surface area contributed by atoms with E-state index in [1.807, 2.05) is 62.5 Å². The zero-order chi connectivity index (χ0) is 32.9. The number of benzene rings is 4. The van der Waals surface area contributed by atoms with E-state index in [1.54, 1.807) is 17.1 Å². The van der Waals surface area contributed by atoms with Crippen LogP contribution in [0.4, 0.5) is 0 Å². The topological polar surface area (TPSA) is 92.4 Å². The van der Waals surface area contributed by atoms with Crippen LogP contribution in [0.15, 0.2) is 91.4 Å². The van der Waals surface area contributed by atoms with Crippen molar-refractivity contribution in [1.82, 2.24) is 19.3 Å². The number of fused-ring (bicyclic) bond motifs is 3. The van der Waals surface area contributed by atoms with Crippen LogP contribution in [0.1, 0.15) is 48.6 Å². The van der Waals surface area contributed by atoms with Crippen molar-refractivity contribution in [2.75, 3.05) is 0 Å². The monoisotopic (exact) mass is 805 g/mol. The molecule has 0 spiro atoms. The van der Waals surface area contributed by atoms with Crippen LogP contribution in [0.25, 0.3) is 44.4 Å². The number of ether oxygens (including phenoxy) is 1. The van der Waals surface area contributed by atoms with E-state index in [2.05, 4.69) is 85.0 Å². The van der Waals surface area contributed by atoms with Gasteiger partial charge in [-0.05, 0) is 65.2 Å². The zero-order valence-corrected chi connectivity index (χ0v) is 29.3. The molecule has 0 radical (unpaired) electrons. The minimum Gasteiger partial charge on any atom is -0.509 e. The molecule has 0 amide bonds. The molecule has 3 aromatic heterocycles. The molecule has 0 N–H and O–H groups in total. The molecular weight excluding hydrogens is 776 g/mol. The molecule has 0 saturated heterocycles. The SMILES string of the molecule is Cc1cc(C)c(C#N)c(-c2cnn(-c3[c-]c(Oc4[c-]c5c(cc4)c4ccccc4n5-c4cc(C(C)(C)C)ccn4)ccc3)c2)c1C#N.[Pt+2]. The van der Waals surface area contributed by atoms with Gasteiger partial charge < -0.3 is 9.30 Å². The van der Waals surface area contributed by atoms with Gasteiger partial charge in [0, 0.05) is 40.5 Å². The average Bonchev–Trinajstić information content (AvgIpc) is 3.67. The Morgan fingerprint density at radius 2 is 1.54 bits per heavy atom. The Bertz CT molecular complexity index is 2400. The Hall–Kier alpha value is -5.49. The fraction of sp³-hybridized carbons (Fsp3) is 0.150. The van der Waals surface area contributed by atoms with E-state index in [1.165, 1.54) is 5.56 Å². The molecule has 0 aliphatic heterocycles. The van der Waals surface area contributed by atoms with E-state index in [0.717, 1.165) is 38.8 Å². The molecule has 236 valence electrons. The van der Waals surface area contributed by atoms with Gasteiger partial charge in [-0.1, -0.05) is 50.6 Å². The number of aromatic nitrogens is 4. The summed E-state index contributed by atoms with van der Waals surface area (Å²) in [6.45, 7) is 10.3. The standard InChI is InChI=1S/C40H30N6O.Pt/c1-25-17-26(2)35(22-42)39(34(25)21-41)27-23-44-45(24-27)29-9-8-10-30(19-29)47-31-13-14-33-32-11-6-7-12-36(32)46(37(33)20-31)38-18-28(15-16-43-38)40(3,4)5;/h6-18,23-24H,1-5H3;/q-2;+2. The molecule has 7 aromatic rings. The van der Waals surface area contributed by atoms with Crippen LogP contribution >= 0.6 is 0 Å². The van der Waals surface area contributed by atoms with Gasteiger partial charge in [0.05, 0.1) is 17.3 Å². The summed E-state index contributed by atoms with van der Waals surface area (Å²) in [5, 5.41) is 26.5. The minimum atomic E-state index is -0.0281. The molecule has 48 heavy (non-hydrogen) atoms. The molecule has 8 heteroatoms. The maximum absolute atomic E-state index is 9.89. The fourth-order valence-electron chi connectivity index (χ4n) is 6.08. The van der Waals surface area contributed by atoms with Gasteiger partial charge in [-0.15, -0.1) is 35.7 Å². The van der Waals surface area contributed by atoms with E-state index in [0.29, 0.717) is 39.4 Å². The van der Waals surface area contributed by atoms with Gasteiger partial charge in [0.1, 0.15) is 18.0 Å². The number of rotatable bonds is 5. The number of nitrogens with zero attached hydrogens (tertiary/aromatic N) is 6. The number of pyridine rings is 1. The number of nitriles is 2. The van der Waals surface area contributed by atoms with E-state index < -0.39 is 0 Å². The number of para-hydroxylation sites is 1. The van der Waals surface area contributed by atoms with Crippen LogP contribution < -0.4 is 4.74 Å². The van der Waals surface area contributed by atoms with Crippen molar-refractivity contribution in [2.45, 2.75) is 40.0 Å². The first-order valence-electron chi connectivity index (χ1n) is 15.3. The van der Waals surface area contributed by atoms with E-state index in [-0.39, 0.29) is 26.5 Å². The molecule has 4 aromatic carbocycles. The second kappa shape index (κ2) is 12.6. The van der Waals surface area contributed by atoms with Gasteiger partial charge in [-0.25, -0.2) is 4.98 Å². The third-order valence-electron chi connectivity index (χ3n) is 8.43. The molecule has 7 nitrogen and oxygen atoms in total. The molecule has 7 rings (SSSR count). The van der Waals surface area contributed by atoms with Crippen LogP contribution in [0.5, 0.6) is 11.5 Å². The zero-order valence-electron chi connectivity index (χ0n) is 27.1. The molecule has 0 saturated carbocycles. The first-order valence-corrected chi connectivity index (χ1v) is 15.3. The largest absolute Gasteiger partial charge is 2.00 e. The molecular formula is C40H30N6OPt. The molecule has 0 bridgehead atoms.